The summed E-state index contributed by atoms with van der Waals surface area (Å²) in [5.74, 6) is 0.720. The van der Waals surface area contributed by atoms with Crippen molar-refractivity contribution in [3.63, 3.8) is 0 Å². The van der Waals surface area contributed by atoms with Gasteiger partial charge in [0.1, 0.15) is 0 Å². The molecule has 0 aliphatic heterocycles. The highest BCUT2D eigenvalue weighted by atomic mass is 32.2. The number of anilines is 2. The van der Waals surface area contributed by atoms with Gasteiger partial charge in [0.15, 0.2) is 11.5 Å². The van der Waals surface area contributed by atoms with Gasteiger partial charge in [0.05, 0.1) is 20.0 Å². The van der Waals surface area contributed by atoms with E-state index >= 15 is 0 Å². The molecule has 7 nitrogen and oxygen atoms in total. The average molecular weight is 364 g/mol. The lowest BCUT2D eigenvalue weighted by Gasteiger charge is -2.12. The van der Waals surface area contributed by atoms with E-state index < -0.39 is 10.0 Å². The summed E-state index contributed by atoms with van der Waals surface area (Å²) < 4.78 is 35.6. The zero-order chi connectivity index (χ0) is 18.4. The number of nitrogens with one attached hydrogen (secondary N) is 2. The van der Waals surface area contributed by atoms with Crippen LogP contribution in [0.2, 0.25) is 0 Å². The van der Waals surface area contributed by atoms with Gasteiger partial charge >= 0.3 is 0 Å². The van der Waals surface area contributed by atoms with Gasteiger partial charge in [-0.1, -0.05) is 6.07 Å². The molecule has 0 spiro atoms. The Labute approximate surface area is 147 Å². The summed E-state index contributed by atoms with van der Waals surface area (Å²) in [6.45, 7) is 2.37. The largest absolute Gasteiger partial charge is 0.493 e. The predicted octanol–water partition coefficient (Wildman–Crippen LogP) is 2.72. The fraction of sp³-hybridized carbons (Fsp3) is 0.235. The summed E-state index contributed by atoms with van der Waals surface area (Å²) in [6.07, 6.45) is 1.05. The molecule has 0 aliphatic carbocycles. The molecule has 0 radical (unpaired) electrons. The molecule has 1 amide bonds. The third-order valence-corrected chi connectivity index (χ3v) is 3.76. The summed E-state index contributed by atoms with van der Waals surface area (Å²) in [6, 6.07) is 11.3. The van der Waals surface area contributed by atoms with Crippen molar-refractivity contribution in [3.8, 4) is 11.5 Å². The fourth-order valence-corrected chi connectivity index (χ4v) is 2.72. The van der Waals surface area contributed by atoms with E-state index in [1.54, 1.807) is 36.4 Å². The first-order chi connectivity index (χ1) is 11.8. The lowest BCUT2D eigenvalue weighted by Crippen LogP contribution is -2.14. The van der Waals surface area contributed by atoms with Crippen LogP contribution in [-0.2, 0) is 10.0 Å². The normalized spacial score (nSPS) is 10.8. The van der Waals surface area contributed by atoms with Gasteiger partial charge in [-0.05, 0) is 37.3 Å². The van der Waals surface area contributed by atoms with E-state index in [9.17, 15) is 13.2 Å². The second kappa shape index (κ2) is 7.89. The van der Waals surface area contributed by atoms with Crippen molar-refractivity contribution in [1.29, 1.82) is 0 Å². The topological polar surface area (TPSA) is 93.7 Å². The van der Waals surface area contributed by atoms with Crippen molar-refractivity contribution in [2.24, 2.45) is 0 Å². The smallest absolute Gasteiger partial charge is 0.255 e. The maximum absolute atomic E-state index is 12.4. The summed E-state index contributed by atoms with van der Waals surface area (Å²) >= 11 is 0. The van der Waals surface area contributed by atoms with Crippen LogP contribution in [0.5, 0.6) is 11.5 Å². The molecule has 2 rings (SSSR count). The molecular weight excluding hydrogens is 344 g/mol. The molecule has 0 aliphatic rings. The zero-order valence-electron chi connectivity index (χ0n) is 14.2. The standard InChI is InChI=1S/C17H20N2O5S/c1-4-24-15-9-8-13(11-16(15)23-2)18-17(20)12-6-5-7-14(10-12)19-25(3,21)22/h5-11,19H,4H2,1-3H3,(H,18,20). The number of benzene rings is 2. The van der Waals surface area contributed by atoms with E-state index in [1.807, 2.05) is 6.92 Å². The van der Waals surface area contributed by atoms with Crippen LogP contribution in [-0.4, -0.2) is 34.3 Å². The third-order valence-electron chi connectivity index (χ3n) is 3.15. The van der Waals surface area contributed by atoms with Crippen LogP contribution < -0.4 is 19.5 Å². The minimum absolute atomic E-state index is 0.319. The van der Waals surface area contributed by atoms with Crippen molar-refractivity contribution in [3.05, 3.63) is 48.0 Å². The molecule has 8 heteroatoms. The monoisotopic (exact) mass is 364 g/mol. The Morgan fingerprint density at radius 1 is 1.08 bits per heavy atom. The van der Waals surface area contributed by atoms with Crippen LogP contribution in [0.1, 0.15) is 17.3 Å². The van der Waals surface area contributed by atoms with Crippen LogP contribution >= 0.6 is 0 Å². The maximum Gasteiger partial charge on any atom is 0.255 e. The second-order valence-electron chi connectivity index (χ2n) is 5.21. The SMILES string of the molecule is CCOc1ccc(NC(=O)c2cccc(NS(C)(=O)=O)c2)cc1OC. The summed E-state index contributed by atoms with van der Waals surface area (Å²) in [4.78, 5) is 12.4. The van der Waals surface area contributed by atoms with E-state index in [2.05, 4.69) is 10.0 Å². The lowest BCUT2D eigenvalue weighted by molar-refractivity contribution is 0.102. The third kappa shape index (κ3) is 5.39. The van der Waals surface area contributed by atoms with Gasteiger partial charge in [-0.3, -0.25) is 9.52 Å². The minimum Gasteiger partial charge on any atom is -0.493 e. The van der Waals surface area contributed by atoms with Gasteiger partial charge in [0.2, 0.25) is 10.0 Å². The molecule has 0 atom stereocenters. The van der Waals surface area contributed by atoms with E-state index in [4.69, 9.17) is 9.47 Å². The van der Waals surface area contributed by atoms with Crippen molar-refractivity contribution < 1.29 is 22.7 Å². The Kier molecular flexibility index (Phi) is 5.87. The highest BCUT2D eigenvalue weighted by Crippen LogP contribution is 2.30. The molecular formula is C17H20N2O5S. The van der Waals surface area contributed by atoms with E-state index in [0.717, 1.165) is 6.26 Å². The molecule has 0 unspecified atom stereocenters. The number of hydrogen-bond acceptors (Lipinski definition) is 5. The van der Waals surface area contributed by atoms with Gasteiger partial charge in [0.25, 0.3) is 5.91 Å². The molecule has 0 aromatic heterocycles. The van der Waals surface area contributed by atoms with Crippen molar-refractivity contribution in [1.82, 2.24) is 0 Å². The molecule has 0 saturated carbocycles. The van der Waals surface area contributed by atoms with Crippen LogP contribution in [0.3, 0.4) is 0 Å². The predicted molar refractivity (Wildman–Crippen MR) is 97.0 cm³/mol. The Hall–Kier alpha value is -2.74. The van der Waals surface area contributed by atoms with E-state index in [1.165, 1.54) is 13.2 Å². The molecule has 2 aromatic rings. The molecule has 0 fully saturated rings. The van der Waals surface area contributed by atoms with Crippen LogP contribution in [0.4, 0.5) is 11.4 Å². The van der Waals surface area contributed by atoms with Crippen molar-refractivity contribution >= 4 is 27.3 Å². The molecule has 0 bridgehead atoms. The lowest BCUT2D eigenvalue weighted by atomic mass is 10.2. The minimum atomic E-state index is -3.41. The first-order valence-corrected chi connectivity index (χ1v) is 9.41. The Morgan fingerprint density at radius 2 is 1.84 bits per heavy atom. The summed E-state index contributed by atoms with van der Waals surface area (Å²) in [7, 11) is -1.89. The maximum atomic E-state index is 12.4. The molecule has 25 heavy (non-hydrogen) atoms. The quantitative estimate of drug-likeness (QED) is 0.788. The Morgan fingerprint density at radius 3 is 2.48 bits per heavy atom. The van der Waals surface area contributed by atoms with Crippen molar-refractivity contribution in [2.75, 3.05) is 30.0 Å². The number of methoxy groups -OCH3 is 1. The van der Waals surface area contributed by atoms with Crippen LogP contribution in [0.25, 0.3) is 0 Å². The fourth-order valence-electron chi connectivity index (χ4n) is 2.16. The second-order valence-corrected chi connectivity index (χ2v) is 6.96. The van der Waals surface area contributed by atoms with Gasteiger partial charge in [0, 0.05) is 23.0 Å². The molecule has 0 saturated heterocycles. The number of carbonyl (C=O) groups is 1. The van der Waals surface area contributed by atoms with Gasteiger partial charge in [-0.15, -0.1) is 0 Å². The number of hydrogen-bond donors (Lipinski definition) is 2. The average Bonchev–Trinajstić information content (AvgIpc) is 2.55. The number of sulfonamides is 1. The highest BCUT2D eigenvalue weighted by molar-refractivity contribution is 7.92. The molecule has 2 N–H and O–H groups in total. The summed E-state index contributed by atoms with van der Waals surface area (Å²) in [5.41, 5.74) is 1.17. The Bertz CT molecular complexity index is 865. The van der Waals surface area contributed by atoms with Gasteiger partial charge < -0.3 is 14.8 Å². The van der Waals surface area contributed by atoms with Gasteiger partial charge in [-0.2, -0.15) is 0 Å². The van der Waals surface area contributed by atoms with E-state index in [-0.39, 0.29) is 5.91 Å². The number of amides is 1. The molecule has 134 valence electrons. The summed E-state index contributed by atoms with van der Waals surface area (Å²) in [5, 5.41) is 2.74. The van der Waals surface area contributed by atoms with E-state index in [0.29, 0.717) is 35.0 Å². The zero-order valence-corrected chi connectivity index (χ0v) is 15.0. The number of carbonyl (C=O) groups excluding carboxylic acids is 1. The van der Waals surface area contributed by atoms with Crippen LogP contribution in [0, 0.1) is 0 Å². The molecule has 0 heterocycles. The number of rotatable bonds is 7. The first-order valence-electron chi connectivity index (χ1n) is 7.52. The van der Waals surface area contributed by atoms with Crippen LogP contribution in [0.15, 0.2) is 42.5 Å². The van der Waals surface area contributed by atoms with Gasteiger partial charge in [-0.25, -0.2) is 8.42 Å². The first kappa shape index (κ1) is 18.6. The number of ether oxygens (including phenoxy) is 2. The molecule has 2 aromatic carbocycles. The highest BCUT2D eigenvalue weighted by Gasteiger charge is 2.11. The van der Waals surface area contributed by atoms with Crippen molar-refractivity contribution in [2.45, 2.75) is 6.92 Å². The Balaban J connectivity index is 2.18.